The topological polar surface area (TPSA) is 24.4 Å². The third kappa shape index (κ3) is 2.90. The summed E-state index contributed by atoms with van der Waals surface area (Å²) in [5, 5.41) is 5.50. The lowest BCUT2D eigenvalue weighted by Crippen LogP contribution is -2.40. The molecule has 1 aliphatic heterocycles. The van der Waals surface area contributed by atoms with Crippen LogP contribution in [0.15, 0.2) is 4.99 Å². The van der Waals surface area contributed by atoms with Gasteiger partial charge in [-0.2, -0.15) is 0 Å². The third-order valence-corrected chi connectivity index (χ3v) is 4.77. The molecule has 86 valence electrons. The number of amidine groups is 1. The van der Waals surface area contributed by atoms with Crippen molar-refractivity contribution in [3.8, 4) is 0 Å². The fraction of sp³-hybridized carbons (Fsp3) is 0.917. The van der Waals surface area contributed by atoms with E-state index < -0.39 is 0 Å². The second-order valence-electron chi connectivity index (χ2n) is 5.87. The molecule has 15 heavy (non-hydrogen) atoms. The van der Waals surface area contributed by atoms with Crippen molar-refractivity contribution in [3.63, 3.8) is 0 Å². The molecule has 2 unspecified atom stereocenters. The van der Waals surface area contributed by atoms with Crippen LogP contribution in [0.4, 0.5) is 0 Å². The van der Waals surface area contributed by atoms with Gasteiger partial charge in [-0.1, -0.05) is 32.5 Å². The maximum atomic E-state index is 4.60. The molecule has 0 aromatic heterocycles. The average molecular weight is 226 g/mol. The zero-order valence-corrected chi connectivity index (χ0v) is 11.0. The lowest BCUT2D eigenvalue weighted by molar-refractivity contribution is 0.317. The molecule has 0 aromatic carbocycles. The maximum absolute atomic E-state index is 4.60. The van der Waals surface area contributed by atoms with Crippen LogP contribution in [-0.4, -0.2) is 23.0 Å². The average Bonchev–Trinajstić information content (AvgIpc) is 2.87. The molecule has 3 heteroatoms. The van der Waals surface area contributed by atoms with Crippen molar-refractivity contribution in [2.24, 2.45) is 16.3 Å². The van der Waals surface area contributed by atoms with E-state index in [-0.39, 0.29) is 0 Å². The zero-order chi connectivity index (χ0) is 11.1. The Bertz CT molecular complexity index is 263. The molecule has 0 spiro atoms. The summed E-state index contributed by atoms with van der Waals surface area (Å²) in [6, 6.07) is 0.488. The first-order valence-electron chi connectivity index (χ1n) is 5.94. The van der Waals surface area contributed by atoms with Gasteiger partial charge in [-0.25, -0.2) is 0 Å². The predicted octanol–water partition coefficient (Wildman–Crippen LogP) is 2.89. The molecule has 2 nitrogen and oxygen atoms in total. The van der Waals surface area contributed by atoms with Crippen molar-refractivity contribution >= 4 is 16.9 Å². The van der Waals surface area contributed by atoms with E-state index in [0.29, 0.717) is 11.5 Å². The summed E-state index contributed by atoms with van der Waals surface area (Å²) >= 11 is 1.96. The van der Waals surface area contributed by atoms with E-state index in [4.69, 9.17) is 0 Å². The Morgan fingerprint density at radius 2 is 2.07 bits per heavy atom. The van der Waals surface area contributed by atoms with Crippen LogP contribution in [0.1, 0.15) is 40.5 Å². The van der Waals surface area contributed by atoms with E-state index in [0.717, 1.165) is 17.7 Å². The number of nitrogens with zero attached hydrogens (tertiary/aromatic N) is 1. The minimum absolute atomic E-state index is 0.306. The van der Waals surface area contributed by atoms with Gasteiger partial charge in [0.25, 0.3) is 0 Å². The maximum Gasteiger partial charge on any atom is 0.157 e. The van der Waals surface area contributed by atoms with Crippen molar-refractivity contribution in [2.45, 2.75) is 51.8 Å². The van der Waals surface area contributed by atoms with E-state index in [1.807, 2.05) is 11.8 Å². The SMILES string of the molecule is CC(NC1=NCC(C2CC2)S1)C(C)(C)C. The Balaban J connectivity index is 1.81. The molecule has 0 saturated heterocycles. The van der Waals surface area contributed by atoms with Crippen molar-refractivity contribution in [3.05, 3.63) is 0 Å². The minimum Gasteiger partial charge on any atom is -0.362 e. The normalized spacial score (nSPS) is 28.8. The molecular formula is C12H22N2S. The van der Waals surface area contributed by atoms with Crippen LogP contribution in [0, 0.1) is 11.3 Å². The van der Waals surface area contributed by atoms with Crippen molar-refractivity contribution in [1.82, 2.24) is 5.32 Å². The number of rotatable bonds is 2. The van der Waals surface area contributed by atoms with Crippen LogP contribution in [0.5, 0.6) is 0 Å². The third-order valence-electron chi connectivity index (χ3n) is 3.46. The van der Waals surface area contributed by atoms with Crippen molar-refractivity contribution in [1.29, 1.82) is 0 Å². The highest BCUT2D eigenvalue weighted by Crippen LogP contribution is 2.41. The first kappa shape index (κ1) is 11.3. The van der Waals surface area contributed by atoms with Gasteiger partial charge >= 0.3 is 0 Å². The van der Waals surface area contributed by atoms with E-state index in [1.54, 1.807) is 0 Å². The number of thioether (sulfide) groups is 1. The van der Waals surface area contributed by atoms with Crippen LogP contribution in [0.2, 0.25) is 0 Å². The van der Waals surface area contributed by atoms with Crippen LogP contribution in [0.3, 0.4) is 0 Å². The van der Waals surface area contributed by atoms with E-state index in [2.05, 4.69) is 38.0 Å². The predicted molar refractivity (Wildman–Crippen MR) is 68.5 cm³/mol. The Kier molecular flexibility index (Phi) is 3.02. The molecule has 2 rings (SSSR count). The highest BCUT2D eigenvalue weighted by Gasteiger charge is 2.36. The van der Waals surface area contributed by atoms with Gasteiger partial charge in [-0.3, -0.25) is 4.99 Å². The summed E-state index contributed by atoms with van der Waals surface area (Å²) in [4.78, 5) is 4.60. The molecule has 0 bridgehead atoms. The summed E-state index contributed by atoms with van der Waals surface area (Å²) in [5.74, 6) is 0.961. The highest BCUT2D eigenvalue weighted by molar-refractivity contribution is 8.14. The molecule has 0 amide bonds. The molecule has 1 heterocycles. The summed E-state index contributed by atoms with van der Waals surface area (Å²) in [6.07, 6.45) is 2.85. The second kappa shape index (κ2) is 4.00. The minimum atomic E-state index is 0.306. The molecule has 2 aliphatic rings. The fourth-order valence-corrected chi connectivity index (χ4v) is 2.88. The standard InChI is InChI=1S/C12H22N2S/c1-8(12(2,3)4)14-11-13-7-10(15-11)9-5-6-9/h8-10H,5-7H2,1-4H3,(H,13,14). The number of hydrogen-bond donors (Lipinski definition) is 1. The van der Waals surface area contributed by atoms with Crippen LogP contribution < -0.4 is 5.32 Å². The Morgan fingerprint density at radius 3 is 2.60 bits per heavy atom. The molecule has 0 radical (unpaired) electrons. The molecular weight excluding hydrogens is 204 g/mol. The first-order valence-corrected chi connectivity index (χ1v) is 6.82. The van der Waals surface area contributed by atoms with Gasteiger partial charge < -0.3 is 5.32 Å². The monoisotopic (exact) mass is 226 g/mol. The van der Waals surface area contributed by atoms with E-state index >= 15 is 0 Å². The van der Waals surface area contributed by atoms with Gasteiger partial charge in [0.05, 0.1) is 6.54 Å². The van der Waals surface area contributed by atoms with E-state index in [9.17, 15) is 0 Å². The van der Waals surface area contributed by atoms with Crippen LogP contribution in [0.25, 0.3) is 0 Å². The van der Waals surface area contributed by atoms with Crippen LogP contribution >= 0.6 is 11.8 Å². The smallest absolute Gasteiger partial charge is 0.157 e. The summed E-state index contributed by atoms with van der Waals surface area (Å²) in [5.41, 5.74) is 0.306. The summed E-state index contributed by atoms with van der Waals surface area (Å²) < 4.78 is 0. The van der Waals surface area contributed by atoms with Crippen LogP contribution in [-0.2, 0) is 0 Å². The number of hydrogen-bond acceptors (Lipinski definition) is 3. The summed E-state index contributed by atoms with van der Waals surface area (Å²) in [6.45, 7) is 10.1. The van der Waals surface area contributed by atoms with Gasteiger partial charge in [0, 0.05) is 11.3 Å². The lowest BCUT2D eigenvalue weighted by atomic mass is 9.88. The summed E-state index contributed by atoms with van der Waals surface area (Å²) in [7, 11) is 0. The van der Waals surface area contributed by atoms with Gasteiger partial charge in [-0.05, 0) is 31.1 Å². The molecule has 1 saturated carbocycles. The first-order chi connectivity index (χ1) is 6.97. The lowest BCUT2D eigenvalue weighted by Gasteiger charge is -2.28. The zero-order valence-electron chi connectivity index (χ0n) is 10.2. The van der Waals surface area contributed by atoms with Gasteiger partial charge in [-0.15, -0.1) is 0 Å². The van der Waals surface area contributed by atoms with Gasteiger partial charge in [0.15, 0.2) is 5.17 Å². The molecule has 1 aliphatic carbocycles. The molecule has 0 aromatic rings. The quantitative estimate of drug-likeness (QED) is 0.783. The molecule has 1 N–H and O–H groups in total. The van der Waals surface area contributed by atoms with Gasteiger partial charge in [0.2, 0.25) is 0 Å². The Labute approximate surface area is 97.3 Å². The molecule has 2 atom stereocenters. The Morgan fingerprint density at radius 1 is 1.40 bits per heavy atom. The van der Waals surface area contributed by atoms with Crippen molar-refractivity contribution < 1.29 is 0 Å². The van der Waals surface area contributed by atoms with E-state index in [1.165, 1.54) is 18.0 Å². The molecule has 1 fully saturated rings. The number of aliphatic imine (C=N–C) groups is 1. The fourth-order valence-electron chi connectivity index (χ4n) is 1.59. The Hall–Kier alpha value is -0.180. The highest BCUT2D eigenvalue weighted by atomic mass is 32.2. The van der Waals surface area contributed by atoms with Gasteiger partial charge in [0.1, 0.15) is 0 Å². The largest absolute Gasteiger partial charge is 0.362 e. The number of nitrogens with one attached hydrogen (secondary N) is 1. The van der Waals surface area contributed by atoms with Crippen molar-refractivity contribution in [2.75, 3.05) is 6.54 Å². The second-order valence-corrected chi connectivity index (χ2v) is 7.10.